The van der Waals surface area contributed by atoms with Gasteiger partial charge in [-0.2, -0.15) is 0 Å². The topological polar surface area (TPSA) is 69.0 Å². The van der Waals surface area contributed by atoms with Crippen LogP contribution in [-0.4, -0.2) is 19.1 Å². The summed E-state index contributed by atoms with van der Waals surface area (Å²) in [5.74, 6) is 0.238. The third-order valence-electron chi connectivity index (χ3n) is 7.18. The number of ether oxygens (including phenoxy) is 2. The molecule has 39 heavy (non-hydrogen) atoms. The molecule has 1 amide bonds. The fraction of sp³-hybridized carbons (Fsp3) is 0.312. The molecule has 0 bridgehead atoms. The highest BCUT2D eigenvalue weighted by molar-refractivity contribution is 6.10. The highest BCUT2D eigenvalue weighted by Crippen LogP contribution is 2.43. The third kappa shape index (κ3) is 4.89. The largest absolute Gasteiger partial charge is 0.490 e. The van der Waals surface area contributed by atoms with Gasteiger partial charge in [0.2, 0.25) is 5.76 Å². The maximum absolute atomic E-state index is 14.0. The van der Waals surface area contributed by atoms with Gasteiger partial charge < -0.3 is 13.9 Å². The molecule has 202 valence electrons. The quantitative estimate of drug-likeness (QED) is 0.213. The molecule has 0 N–H and O–H groups in total. The molecule has 1 unspecified atom stereocenters. The van der Waals surface area contributed by atoms with E-state index in [2.05, 4.69) is 6.92 Å². The van der Waals surface area contributed by atoms with Crippen molar-refractivity contribution in [3.05, 3.63) is 98.7 Å². The molecule has 0 saturated heterocycles. The molecule has 5 rings (SSSR count). The van der Waals surface area contributed by atoms with E-state index < -0.39 is 17.8 Å². The molecule has 3 aromatic carbocycles. The zero-order chi connectivity index (χ0) is 27.7. The molecule has 6 nitrogen and oxygen atoms in total. The molecule has 0 spiro atoms. The normalized spacial score (nSPS) is 14.6. The highest BCUT2D eigenvalue weighted by Gasteiger charge is 2.44. The predicted molar refractivity (Wildman–Crippen MR) is 150 cm³/mol. The Morgan fingerprint density at radius 3 is 2.36 bits per heavy atom. The minimum absolute atomic E-state index is 0.0112. The van der Waals surface area contributed by atoms with Gasteiger partial charge in [0.25, 0.3) is 5.91 Å². The summed E-state index contributed by atoms with van der Waals surface area (Å²) in [4.78, 5) is 29.3. The number of hydrogen-bond donors (Lipinski definition) is 0. The van der Waals surface area contributed by atoms with Crippen LogP contribution in [0.3, 0.4) is 0 Å². The van der Waals surface area contributed by atoms with Crippen LogP contribution >= 0.6 is 0 Å². The molecule has 1 atom stereocenters. The van der Waals surface area contributed by atoms with E-state index in [-0.39, 0.29) is 16.8 Å². The number of carbonyl (C=O) groups is 1. The van der Waals surface area contributed by atoms with Gasteiger partial charge >= 0.3 is 0 Å². The number of carbonyl (C=O) groups excluding carboxylic acids is 1. The van der Waals surface area contributed by atoms with Gasteiger partial charge in [-0.15, -0.1) is 0 Å². The zero-order valence-corrected chi connectivity index (χ0v) is 22.7. The Labute approximate surface area is 227 Å². The fourth-order valence-electron chi connectivity index (χ4n) is 5.03. The number of aryl methyl sites for hydroxylation is 2. The summed E-state index contributed by atoms with van der Waals surface area (Å²) < 4.78 is 31.8. The Morgan fingerprint density at radius 1 is 0.897 bits per heavy atom. The summed E-state index contributed by atoms with van der Waals surface area (Å²) in [6.07, 6.45) is 3.09. The van der Waals surface area contributed by atoms with Crippen LogP contribution in [0.4, 0.5) is 10.1 Å². The standard InChI is InChI=1S/C32H32FNO5/c1-5-7-8-15-38-25-14-9-21(18-27(25)37-6-2)29-28-30(35)24-16-19(3)20(4)17-26(24)39-31(28)32(36)34(29)23-12-10-22(33)11-13-23/h9-14,16-18,29H,5-8,15H2,1-4H3. The number of halogens is 1. The smallest absolute Gasteiger partial charge is 0.295 e. The molecule has 1 aromatic heterocycles. The van der Waals surface area contributed by atoms with E-state index in [9.17, 15) is 14.0 Å². The van der Waals surface area contributed by atoms with Crippen molar-refractivity contribution < 1.29 is 23.1 Å². The number of hydrogen-bond acceptors (Lipinski definition) is 5. The van der Waals surface area contributed by atoms with E-state index in [0.717, 1.165) is 30.4 Å². The molecule has 0 fully saturated rings. The van der Waals surface area contributed by atoms with Gasteiger partial charge in [-0.3, -0.25) is 14.5 Å². The molecule has 1 aliphatic heterocycles. The van der Waals surface area contributed by atoms with E-state index >= 15 is 0 Å². The van der Waals surface area contributed by atoms with Gasteiger partial charge in [0, 0.05) is 5.69 Å². The summed E-state index contributed by atoms with van der Waals surface area (Å²) in [7, 11) is 0. The molecule has 0 radical (unpaired) electrons. The van der Waals surface area contributed by atoms with Gasteiger partial charge in [-0.1, -0.05) is 25.8 Å². The molecular weight excluding hydrogens is 497 g/mol. The van der Waals surface area contributed by atoms with Crippen molar-refractivity contribution in [3.8, 4) is 11.5 Å². The van der Waals surface area contributed by atoms with Crippen molar-refractivity contribution >= 4 is 22.6 Å². The lowest BCUT2D eigenvalue weighted by Gasteiger charge is -2.26. The van der Waals surface area contributed by atoms with Crippen LogP contribution in [-0.2, 0) is 0 Å². The highest BCUT2D eigenvalue weighted by atomic mass is 19.1. The Hall–Kier alpha value is -4.13. The van der Waals surface area contributed by atoms with E-state index in [4.69, 9.17) is 13.9 Å². The van der Waals surface area contributed by atoms with E-state index in [1.165, 1.54) is 29.2 Å². The van der Waals surface area contributed by atoms with E-state index in [0.29, 0.717) is 46.9 Å². The van der Waals surface area contributed by atoms with Gasteiger partial charge in [-0.05, 0) is 92.4 Å². The van der Waals surface area contributed by atoms with Crippen LogP contribution in [0.25, 0.3) is 11.0 Å². The Bertz CT molecular complexity index is 1590. The third-order valence-corrected chi connectivity index (χ3v) is 7.18. The average molecular weight is 530 g/mol. The maximum atomic E-state index is 14.0. The van der Waals surface area contributed by atoms with Crippen molar-refractivity contribution in [1.82, 2.24) is 0 Å². The Kier molecular flexibility index (Phi) is 7.42. The fourth-order valence-corrected chi connectivity index (χ4v) is 5.03. The van der Waals surface area contributed by atoms with Gasteiger partial charge in [0.1, 0.15) is 11.4 Å². The molecule has 7 heteroatoms. The molecule has 2 heterocycles. The average Bonchev–Trinajstić information content (AvgIpc) is 3.21. The minimum atomic E-state index is -0.798. The summed E-state index contributed by atoms with van der Waals surface area (Å²) >= 11 is 0. The van der Waals surface area contributed by atoms with Gasteiger partial charge in [0.05, 0.1) is 30.2 Å². The van der Waals surface area contributed by atoms with E-state index in [1.807, 2.05) is 39.0 Å². The van der Waals surface area contributed by atoms with Crippen molar-refractivity contribution in [2.75, 3.05) is 18.1 Å². The number of nitrogens with zero attached hydrogens (tertiary/aromatic N) is 1. The van der Waals surface area contributed by atoms with Crippen molar-refractivity contribution in [2.24, 2.45) is 0 Å². The Morgan fingerprint density at radius 2 is 1.64 bits per heavy atom. The minimum Gasteiger partial charge on any atom is -0.490 e. The number of benzene rings is 3. The second kappa shape index (κ2) is 10.9. The number of unbranched alkanes of at least 4 members (excludes halogenated alkanes) is 2. The summed E-state index contributed by atoms with van der Waals surface area (Å²) in [6.45, 7) is 8.87. The Balaban J connectivity index is 1.69. The molecular formula is C32H32FNO5. The summed E-state index contributed by atoms with van der Waals surface area (Å²) in [5.41, 5.74) is 3.36. The second-order valence-corrected chi connectivity index (χ2v) is 9.86. The van der Waals surface area contributed by atoms with Crippen LogP contribution in [0.15, 0.2) is 63.8 Å². The maximum Gasteiger partial charge on any atom is 0.295 e. The van der Waals surface area contributed by atoms with Crippen LogP contribution < -0.4 is 19.8 Å². The van der Waals surface area contributed by atoms with Crippen molar-refractivity contribution in [2.45, 2.75) is 53.0 Å². The second-order valence-electron chi connectivity index (χ2n) is 9.86. The summed E-state index contributed by atoms with van der Waals surface area (Å²) in [5, 5.41) is 0.413. The van der Waals surface area contributed by atoms with Crippen molar-refractivity contribution in [1.29, 1.82) is 0 Å². The SMILES string of the molecule is CCCCCOc1ccc(C2c3c(oc4cc(C)c(C)cc4c3=O)C(=O)N2c2ccc(F)cc2)cc1OCC. The first-order valence-electron chi connectivity index (χ1n) is 13.4. The van der Waals surface area contributed by atoms with E-state index in [1.54, 1.807) is 12.1 Å². The first-order valence-corrected chi connectivity index (χ1v) is 13.4. The lowest BCUT2D eigenvalue weighted by molar-refractivity contribution is 0.0971. The van der Waals surface area contributed by atoms with Crippen LogP contribution in [0, 0.1) is 19.7 Å². The van der Waals surface area contributed by atoms with Crippen LogP contribution in [0.5, 0.6) is 11.5 Å². The van der Waals surface area contributed by atoms with Crippen molar-refractivity contribution in [3.63, 3.8) is 0 Å². The zero-order valence-electron chi connectivity index (χ0n) is 22.7. The first-order chi connectivity index (χ1) is 18.8. The lowest BCUT2D eigenvalue weighted by atomic mass is 9.97. The molecule has 0 aliphatic carbocycles. The monoisotopic (exact) mass is 529 g/mol. The van der Waals surface area contributed by atoms with Gasteiger partial charge in [-0.25, -0.2) is 4.39 Å². The summed E-state index contributed by atoms with van der Waals surface area (Å²) in [6, 6.07) is 13.9. The molecule has 1 aliphatic rings. The lowest BCUT2D eigenvalue weighted by Crippen LogP contribution is -2.29. The number of rotatable bonds is 9. The number of amides is 1. The molecule has 0 saturated carbocycles. The number of fused-ring (bicyclic) bond motifs is 2. The van der Waals surface area contributed by atoms with Crippen LogP contribution in [0.2, 0.25) is 0 Å². The first kappa shape index (κ1) is 26.5. The molecule has 4 aromatic rings. The van der Waals surface area contributed by atoms with Crippen LogP contribution in [0.1, 0.15) is 72.0 Å². The van der Waals surface area contributed by atoms with Gasteiger partial charge in [0.15, 0.2) is 16.9 Å². The number of anilines is 1. The predicted octanol–water partition coefficient (Wildman–Crippen LogP) is 7.27.